The molecule has 3 aliphatic rings. The molecule has 3 nitrogen and oxygen atoms in total. The van der Waals surface area contributed by atoms with Gasteiger partial charge in [0.25, 0.3) is 0 Å². The van der Waals surface area contributed by atoms with Gasteiger partial charge in [-0.05, 0) is 112 Å². The molecule has 0 unspecified atom stereocenters. The minimum atomic E-state index is -0.421. The molecule has 0 amide bonds. The van der Waals surface area contributed by atoms with Crippen molar-refractivity contribution in [1.29, 1.82) is 0 Å². The lowest BCUT2D eigenvalue weighted by Crippen LogP contribution is -2.46. The van der Waals surface area contributed by atoms with Crippen LogP contribution in [-0.2, 0) is 4.74 Å². The van der Waals surface area contributed by atoms with Gasteiger partial charge < -0.3 is 14.9 Å². The average molecular weight is 613 g/mol. The summed E-state index contributed by atoms with van der Waals surface area (Å²) in [5, 5.41) is 20.6. The molecule has 2 N–H and O–H groups in total. The molecular formula is C42H60O3. The van der Waals surface area contributed by atoms with Crippen LogP contribution in [0.4, 0.5) is 0 Å². The van der Waals surface area contributed by atoms with E-state index in [0.717, 1.165) is 32.1 Å². The van der Waals surface area contributed by atoms with Gasteiger partial charge in [-0.15, -0.1) is 0 Å². The van der Waals surface area contributed by atoms with E-state index in [2.05, 4.69) is 136 Å². The van der Waals surface area contributed by atoms with Crippen molar-refractivity contribution < 1.29 is 14.9 Å². The lowest BCUT2D eigenvalue weighted by molar-refractivity contribution is -0.0539. The largest absolute Gasteiger partial charge is 0.393 e. The highest BCUT2D eigenvalue weighted by atomic mass is 16.5. The van der Waals surface area contributed by atoms with Gasteiger partial charge in [0.05, 0.1) is 17.8 Å². The highest BCUT2D eigenvalue weighted by Crippen LogP contribution is 2.53. The molecule has 3 heteroatoms. The van der Waals surface area contributed by atoms with Crippen molar-refractivity contribution in [3.05, 3.63) is 117 Å². The molecule has 0 aromatic carbocycles. The number of hydrogen-bond donors (Lipinski definition) is 2. The molecule has 3 aliphatic carbocycles. The van der Waals surface area contributed by atoms with E-state index >= 15 is 0 Å². The molecule has 0 aromatic rings. The molecule has 246 valence electrons. The smallest absolute Gasteiger partial charge is 0.0889 e. The zero-order chi connectivity index (χ0) is 33.6. The maximum atomic E-state index is 10.4. The Morgan fingerprint density at radius 1 is 0.778 bits per heavy atom. The number of aliphatic hydroxyl groups excluding tert-OH is 2. The first kappa shape index (κ1) is 36.7. The quantitative estimate of drug-likeness (QED) is 0.180. The molecule has 3 atom stereocenters. The molecule has 1 fully saturated rings. The van der Waals surface area contributed by atoms with E-state index in [1.54, 1.807) is 7.11 Å². The Kier molecular flexibility index (Phi) is 12.4. The molecule has 1 saturated carbocycles. The van der Waals surface area contributed by atoms with Crippen molar-refractivity contribution in [2.24, 2.45) is 10.8 Å². The van der Waals surface area contributed by atoms with E-state index in [0.29, 0.717) is 6.42 Å². The lowest BCUT2D eigenvalue weighted by Gasteiger charge is -2.47. The van der Waals surface area contributed by atoms with Crippen LogP contribution in [0.15, 0.2) is 117 Å². The highest BCUT2D eigenvalue weighted by Gasteiger charge is 2.45. The first-order chi connectivity index (χ1) is 21.0. The third-order valence-electron chi connectivity index (χ3n) is 9.79. The number of rotatable bonds is 11. The molecule has 0 aromatic heterocycles. The normalized spacial score (nSPS) is 29.3. The van der Waals surface area contributed by atoms with Crippen LogP contribution in [-0.4, -0.2) is 35.1 Å². The molecule has 0 aliphatic heterocycles. The summed E-state index contributed by atoms with van der Waals surface area (Å²) in [7, 11) is 1.75. The predicted octanol–water partition coefficient (Wildman–Crippen LogP) is 10.5. The summed E-state index contributed by atoms with van der Waals surface area (Å²) < 4.78 is 5.88. The fraction of sp³-hybridized carbons (Fsp3) is 0.524. The molecule has 3 rings (SSSR count). The van der Waals surface area contributed by atoms with Crippen molar-refractivity contribution in [3.8, 4) is 0 Å². The third kappa shape index (κ3) is 10.1. The van der Waals surface area contributed by atoms with Gasteiger partial charge in [0, 0.05) is 13.5 Å². The molecule has 0 bridgehead atoms. The fourth-order valence-electron chi connectivity index (χ4n) is 7.61. The van der Waals surface area contributed by atoms with E-state index in [1.807, 2.05) is 0 Å². The molecule has 0 radical (unpaired) electrons. The van der Waals surface area contributed by atoms with Crippen LogP contribution >= 0.6 is 0 Å². The Balaban J connectivity index is 1.53. The maximum absolute atomic E-state index is 10.4. The SMILES string of the molecule is CO[C@]1(C)C[C@@H](O)CC(C)(C)/C1=C/C/C(C)=C/C=C/C(C)=C/C=C/C=C(C)/C=C/C=C(\C)C1=C(C2=C(C)C[C@@H](O)CC2(C)C)C1. The summed E-state index contributed by atoms with van der Waals surface area (Å²) in [4.78, 5) is 0. The van der Waals surface area contributed by atoms with Gasteiger partial charge in [-0.3, -0.25) is 0 Å². The number of allylic oxidation sites excluding steroid dienone is 18. The summed E-state index contributed by atoms with van der Waals surface area (Å²) in [5.41, 5.74) is 11.7. The van der Waals surface area contributed by atoms with Crippen LogP contribution in [0, 0.1) is 10.8 Å². The Morgan fingerprint density at radius 3 is 1.93 bits per heavy atom. The summed E-state index contributed by atoms with van der Waals surface area (Å²) in [6.45, 7) is 21.9. The van der Waals surface area contributed by atoms with E-state index in [-0.39, 0.29) is 23.0 Å². The van der Waals surface area contributed by atoms with Crippen LogP contribution in [0.3, 0.4) is 0 Å². The highest BCUT2D eigenvalue weighted by molar-refractivity contribution is 5.62. The summed E-state index contributed by atoms with van der Waals surface area (Å²) in [6, 6.07) is 0. The first-order valence-electron chi connectivity index (χ1n) is 16.7. The minimum absolute atomic E-state index is 0.0444. The van der Waals surface area contributed by atoms with Gasteiger partial charge in [-0.2, -0.15) is 0 Å². The molecule has 0 saturated heterocycles. The van der Waals surface area contributed by atoms with Crippen molar-refractivity contribution in [2.45, 2.75) is 126 Å². The van der Waals surface area contributed by atoms with Gasteiger partial charge in [-0.1, -0.05) is 117 Å². The van der Waals surface area contributed by atoms with Crippen molar-refractivity contribution in [3.63, 3.8) is 0 Å². The minimum Gasteiger partial charge on any atom is -0.393 e. The molecule has 45 heavy (non-hydrogen) atoms. The van der Waals surface area contributed by atoms with Gasteiger partial charge in [0.1, 0.15) is 0 Å². The van der Waals surface area contributed by atoms with Gasteiger partial charge in [-0.25, -0.2) is 0 Å². The van der Waals surface area contributed by atoms with E-state index in [4.69, 9.17) is 4.74 Å². The predicted molar refractivity (Wildman–Crippen MR) is 193 cm³/mol. The van der Waals surface area contributed by atoms with Gasteiger partial charge >= 0.3 is 0 Å². The molecule has 0 spiro atoms. The van der Waals surface area contributed by atoms with E-state index in [1.165, 1.54) is 50.2 Å². The molecular weight excluding hydrogens is 552 g/mol. The van der Waals surface area contributed by atoms with Crippen molar-refractivity contribution in [1.82, 2.24) is 0 Å². The van der Waals surface area contributed by atoms with Crippen LogP contribution in [0.2, 0.25) is 0 Å². The fourth-order valence-corrected chi connectivity index (χ4v) is 7.61. The number of ether oxygens (including phenoxy) is 1. The van der Waals surface area contributed by atoms with Crippen molar-refractivity contribution >= 4 is 0 Å². The monoisotopic (exact) mass is 612 g/mol. The van der Waals surface area contributed by atoms with Gasteiger partial charge in [0.2, 0.25) is 0 Å². The van der Waals surface area contributed by atoms with Gasteiger partial charge in [0.15, 0.2) is 0 Å². The number of methoxy groups -OCH3 is 1. The third-order valence-corrected chi connectivity index (χ3v) is 9.79. The van der Waals surface area contributed by atoms with E-state index < -0.39 is 5.60 Å². The second kappa shape index (κ2) is 15.2. The Hall–Kier alpha value is -2.72. The van der Waals surface area contributed by atoms with Crippen LogP contribution in [0.25, 0.3) is 0 Å². The topological polar surface area (TPSA) is 49.7 Å². The van der Waals surface area contributed by atoms with E-state index in [9.17, 15) is 10.2 Å². The Labute approximate surface area is 274 Å². The summed E-state index contributed by atoms with van der Waals surface area (Å²) >= 11 is 0. The second-order valence-corrected chi connectivity index (χ2v) is 15.2. The standard InChI is InChI=1S/C42H60O3/c1-29(18-14-19-31(3)22-23-38-40(6,7)27-35(44)28-42(38,10)45-11)16-12-13-17-30(2)20-15-21-32(4)36-25-37(36)39-33(5)24-34(43)26-41(39,8)9/h12-21,23,34-35,43-44H,22,24-28H2,1-11H3/b13-12+,18-14+,20-15+,29-16+,30-17+,31-19+,32-21+,38-23-/t34-,35+,42-/m1/s1. The zero-order valence-corrected chi connectivity index (χ0v) is 30.1. The lowest BCUT2D eigenvalue weighted by atomic mass is 9.64. The Morgan fingerprint density at radius 2 is 1.36 bits per heavy atom. The Bertz CT molecular complexity index is 1410. The van der Waals surface area contributed by atoms with Crippen LogP contribution in [0.1, 0.15) is 108 Å². The number of aliphatic hydroxyl groups is 2. The average Bonchev–Trinajstić information content (AvgIpc) is 3.69. The second-order valence-electron chi connectivity index (χ2n) is 15.2. The summed E-state index contributed by atoms with van der Waals surface area (Å²) in [6.07, 6.45) is 28.2. The molecule has 0 heterocycles. The zero-order valence-electron chi connectivity index (χ0n) is 30.1. The maximum Gasteiger partial charge on any atom is 0.0889 e. The summed E-state index contributed by atoms with van der Waals surface area (Å²) in [5.74, 6) is 0. The van der Waals surface area contributed by atoms with Crippen LogP contribution in [0.5, 0.6) is 0 Å². The van der Waals surface area contributed by atoms with Crippen molar-refractivity contribution in [2.75, 3.05) is 7.11 Å². The number of hydrogen-bond acceptors (Lipinski definition) is 3. The van der Waals surface area contributed by atoms with Crippen LogP contribution < -0.4 is 0 Å². The first-order valence-corrected chi connectivity index (χ1v) is 16.7.